The fourth-order valence-electron chi connectivity index (χ4n) is 3.90. The molecule has 1 heterocycles. The molecule has 0 amide bonds. The lowest BCUT2D eigenvalue weighted by molar-refractivity contribution is 0.297. The number of rotatable bonds is 3. The SMILES string of the molecule is CCC1(CN=C2NC3(CCCC3)CS2)CCCC1. The maximum Gasteiger partial charge on any atom is 0.157 e. The van der Waals surface area contributed by atoms with Gasteiger partial charge in [0.15, 0.2) is 5.17 Å². The second kappa shape index (κ2) is 5.07. The van der Waals surface area contributed by atoms with Crippen LogP contribution in [0.25, 0.3) is 0 Å². The van der Waals surface area contributed by atoms with Crippen molar-refractivity contribution in [2.75, 3.05) is 12.3 Å². The average Bonchev–Trinajstić information content (AvgIpc) is 3.11. The van der Waals surface area contributed by atoms with Crippen LogP contribution in [0.1, 0.15) is 64.7 Å². The van der Waals surface area contributed by atoms with E-state index in [0.717, 1.165) is 6.54 Å². The van der Waals surface area contributed by atoms with Gasteiger partial charge in [-0.15, -0.1) is 0 Å². The predicted octanol–water partition coefficient (Wildman–Crippen LogP) is 3.96. The van der Waals surface area contributed by atoms with E-state index >= 15 is 0 Å². The Bertz CT molecular complexity index is 325. The van der Waals surface area contributed by atoms with Gasteiger partial charge >= 0.3 is 0 Å². The number of nitrogens with one attached hydrogen (secondary N) is 1. The van der Waals surface area contributed by atoms with Crippen molar-refractivity contribution < 1.29 is 0 Å². The lowest BCUT2D eigenvalue weighted by Gasteiger charge is -2.26. The highest BCUT2D eigenvalue weighted by molar-refractivity contribution is 8.14. The molecule has 3 heteroatoms. The Kier molecular flexibility index (Phi) is 3.61. The summed E-state index contributed by atoms with van der Waals surface area (Å²) in [5.41, 5.74) is 0.971. The number of aliphatic imine (C=N–C) groups is 1. The van der Waals surface area contributed by atoms with Gasteiger partial charge in [-0.3, -0.25) is 4.99 Å². The lowest BCUT2D eigenvalue weighted by atomic mass is 9.84. The normalized spacial score (nSPS) is 31.3. The van der Waals surface area contributed by atoms with E-state index in [1.54, 1.807) is 0 Å². The molecule has 1 aliphatic heterocycles. The average molecular weight is 266 g/mol. The van der Waals surface area contributed by atoms with E-state index in [-0.39, 0.29) is 0 Å². The maximum absolute atomic E-state index is 4.94. The summed E-state index contributed by atoms with van der Waals surface area (Å²) in [7, 11) is 0. The molecule has 2 saturated carbocycles. The third kappa shape index (κ3) is 2.43. The highest BCUT2D eigenvalue weighted by Gasteiger charge is 2.40. The van der Waals surface area contributed by atoms with Crippen molar-refractivity contribution in [3.63, 3.8) is 0 Å². The smallest absolute Gasteiger partial charge is 0.157 e. The van der Waals surface area contributed by atoms with Gasteiger partial charge < -0.3 is 5.32 Å². The minimum atomic E-state index is 0.429. The van der Waals surface area contributed by atoms with Crippen molar-refractivity contribution in [2.24, 2.45) is 10.4 Å². The fraction of sp³-hybridized carbons (Fsp3) is 0.933. The van der Waals surface area contributed by atoms with Gasteiger partial charge in [-0.25, -0.2) is 0 Å². The predicted molar refractivity (Wildman–Crippen MR) is 80.3 cm³/mol. The van der Waals surface area contributed by atoms with E-state index in [4.69, 9.17) is 4.99 Å². The van der Waals surface area contributed by atoms with Crippen molar-refractivity contribution in [3.05, 3.63) is 0 Å². The van der Waals surface area contributed by atoms with E-state index in [9.17, 15) is 0 Å². The molecule has 1 saturated heterocycles. The Morgan fingerprint density at radius 3 is 2.44 bits per heavy atom. The van der Waals surface area contributed by atoms with Crippen molar-refractivity contribution in [1.82, 2.24) is 5.32 Å². The van der Waals surface area contributed by atoms with Crippen LogP contribution in [0.15, 0.2) is 4.99 Å². The van der Waals surface area contributed by atoms with Gasteiger partial charge in [0.1, 0.15) is 0 Å². The van der Waals surface area contributed by atoms with Crippen molar-refractivity contribution in [3.8, 4) is 0 Å². The monoisotopic (exact) mass is 266 g/mol. The number of nitrogens with zero attached hydrogens (tertiary/aromatic N) is 1. The van der Waals surface area contributed by atoms with E-state index in [0.29, 0.717) is 11.0 Å². The number of hydrogen-bond acceptors (Lipinski definition) is 2. The van der Waals surface area contributed by atoms with Crippen LogP contribution >= 0.6 is 11.8 Å². The molecule has 0 unspecified atom stereocenters. The van der Waals surface area contributed by atoms with Crippen LogP contribution in [-0.2, 0) is 0 Å². The van der Waals surface area contributed by atoms with E-state index in [2.05, 4.69) is 12.2 Å². The summed E-state index contributed by atoms with van der Waals surface area (Å²) < 4.78 is 0. The standard InChI is InChI=1S/C15H26N2S/c1-2-14(7-3-4-8-14)11-16-13-17-15(12-18-13)9-5-6-10-15/h2-12H2,1H3,(H,16,17). The summed E-state index contributed by atoms with van der Waals surface area (Å²) in [6.07, 6.45) is 12.5. The molecule has 0 radical (unpaired) electrons. The van der Waals surface area contributed by atoms with E-state index in [1.165, 1.54) is 68.7 Å². The molecule has 0 bridgehead atoms. The maximum atomic E-state index is 4.94. The molecule has 2 aliphatic carbocycles. The van der Waals surface area contributed by atoms with Crippen LogP contribution in [0.3, 0.4) is 0 Å². The minimum absolute atomic E-state index is 0.429. The van der Waals surface area contributed by atoms with Gasteiger partial charge in [0.25, 0.3) is 0 Å². The van der Waals surface area contributed by atoms with Crippen LogP contribution in [0, 0.1) is 5.41 Å². The number of thioether (sulfide) groups is 1. The van der Waals surface area contributed by atoms with Gasteiger partial charge in [-0.1, -0.05) is 44.4 Å². The van der Waals surface area contributed by atoms with Crippen LogP contribution in [0.5, 0.6) is 0 Å². The molecule has 1 spiro atoms. The van der Waals surface area contributed by atoms with Gasteiger partial charge in [0, 0.05) is 17.8 Å². The molecule has 3 fully saturated rings. The van der Waals surface area contributed by atoms with Crippen molar-refractivity contribution in [2.45, 2.75) is 70.3 Å². The van der Waals surface area contributed by atoms with Crippen LogP contribution < -0.4 is 5.32 Å². The molecular formula is C15H26N2S. The Balaban J connectivity index is 1.60. The van der Waals surface area contributed by atoms with Crippen LogP contribution in [0.2, 0.25) is 0 Å². The molecule has 0 aromatic heterocycles. The third-order valence-electron chi connectivity index (χ3n) is 5.39. The molecule has 18 heavy (non-hydrogen) atoms. The topological polar surface area (TPSA) is 24.4 Å². The van der Waals surface area contributed by atoms with Crippen molar-refractivity contribution in [1.29, 1.82) is 0 Å². The Morgan fingerprint density at radius 2 is 1.78 bits per heavy atom. The zero-order valence-corrected chi connectivity index (χ0v) is 12.5. The second-order valence-electron chi connectivity index (χ2n) is 6.58. The highest BCUT2D eigenvalue weighted by atomic mass is 32.2. The van der Waals surface area contributed by atoms with E-state index in [1.807, 2.05) is 11.8 Å². The number of amidine groups is 1. The lowest BCUT2D eigenvalue weighted by Crippen LogP contribution is -2.40. The number of hydrogen-bond donors (Lipinski definition) is 1. The molecule has 102 valence electrons. The highest BCUT2D eigenvalue weighted by Crippen LogP contribution is 2.42. The Hall–Kier alpha value is -0.180. The first-order chi connectivity index (χ1) is 8.76. The van der Waals surface area contributed by atoms with Gasteiger partial charge in [0.05, 0.1) is 0 Å². The molecule has 3 aliphatic rings. The first kappa shape index (κ1) is 12.8. The first-order valence-corrected chi connectivity index (χ1v) is 8.70. The van der Waals surface area contributed by atoms with Gasteiger partial charge in [-0.05, 0) is 37.5 Å². The molecule has 0 atom stereocenters. The van der Waals surface area contributed by atoms with Crippen LogP contribution in [-0.4, -0.2) is 23.0 Å². The summed E-state index contributed by atoms with van der Waals surface area (Å²) in [6.45, 7) is 3.41. The zero-order chi connectivity index (χ0) is 12.5. The molecular weight excluding hydrogens is 240 g/mol. The molecule has 2 nitrogen and oxygen atoms in total. The zero-order valence-electron chi connectivity index (χ0n) is 11.6. The minimum Gasteiger partial charge on any atom is -0.359 e. The summed E-state index contributed by atoms with van der Waals surface area (Å²) in [6, 6.07) is 0. The Morgan fingerprint density at radius 1 is 1.11 bits per heavy atom. The largest absolute Gasteiger partial charge is 0.359 e. The molecule has 0 aromatic rings. The fourth-order valence-corrected chi connectivity index (χ4v) is 5.12. The van der Waals surface area contributed by atoms with Gasteiger partial charge in [-0.2, -0.15) is 0 Å². The molecule has 1 N–H and O–H groups in total. The molecule has 3 rings (SSSR count). The molecule has 0 aromatic carbocycles. The first-order valence-electron chi connectivity index (χ1n) is 7.71. The summed E-state index contributed by atoms with van der Waals surface area (Å²) >= 11 is 1.97. The Labute approximate surface area is 115 Å². The van der Waals surface area contributed by atoms with E-state index < -0.39 is 0 Å². The summed E-state index contributed by atoms with van der Waals surface area (Å²) in [5.74, 6) is 1.25. The summed E-state index contributed by atoms with van der Waals surface area (Å²) in [4.78, 5) is 4.94. The van der Waals surface area contributed by atoms with Crippen molar-refractivity contribution >= 4 is 16.9 Å². The summed E-state index contributed by atoms with van der Waals surface area (Å²) in [5, 5.41) is 4.99. The second-order valence-corrected chi connectivity index (χ2v) is 7.55. The van der Waals surface area contributed by atoms with Gasteiger partial charge in [0.2, 0.25) is 0 Å². The quantitative estimate of drug-likeness (QED) is 0.836. The third-order valence-corrected chi connectivity index (χ3v) is 6.59. The van der Waals surface area contributed by atoms with Crippen LogP contribution in [0.4, 0.5) is 0 Å².